The number of fused-ring (bicyclic) bond motifs is 1. The van der Waals surface area contributed by atoms with Crippen molar-refractivity contribution in [2.24, 2.45) is 4.99 Å². The summed E-state index contributed by atoms with van der Waals surface area (Å²) in [6, 6.07) is 13.0. The van der Waals surface area contributed by atoms with Crippen molar-refractivity contribution < 1.29 is 33.0 Å². The normalized spacial score (nSPS) is 14.6. The fourth-order valence-corrected chi connectivity index (χ4v) is 6.46. The van der Waals surface area contributed by atoms with E-state index in [-0.39, 0.29) is 24.3 Å². The molecule has 1 aliphatic heterocycles. The van der Waals surface area contributed by atoms with Crippen LogP contribution in [0.5, 0.6) is 11.5 Å². The lowest BCUT2D eigenvalue weighted by Gasteiger charge is -2.26. The summed E-state index contributed by atoms with van der Waals surface area (Å²) < 4.78 is 30.0. The minimum absolute atomic E-state index is 0.156. The van der Waals surface area contributed by atoms with Gasteiger partial charge in [-0.2, -0.15) is 0 Å². The first-order valence-corrected chi connectivity index (χ1v) is 15.3. The second-order valence-electron chi connectivity index (χ2n) is 9.53. The summed E-state index contributed by atoms with van der Waals surface area (Å²) in [4.78, 5) is 44.5. The number of hydrogen-bond donors (Lipinski definition) is 0. The average molecular weight is 682 g/mol. The van der Waals surface area contributed by atoms with Crippen molar-refractivity contribution in [1.82, 2.24) is 4.57 Å². The van der Waals surface area contributed by atoms with Gasteiger partial charge in [0.15, 0.2) is 16.3 Å². The number of furan rings is 1. The van der Waals surface area contributed by atoms with Crippen molar-refractivity contribution in [2.45, 2.75) is 26.8 Å². The number of allylic oxidation sites excluding steroid dienone is 1. The molecule has 0 radical (unpaired) electrons. The summed E-state index contributed by atoms with van der Waals surface area (Å²) in [7, 11) is 3.04. The Labute approximate surface area is 265 Å². The smallest absolute Gasteiger partial charge is 0.338 e. The van der Waals surface area contributed by atoms with Crippen molar-refractivity contribution in [3.05, 3.63) is 101 Å². The van der Waals surface area contributed by atoms with Gasteiger partial charge < -0.3 is 23.4 Å². The van der Waals surface area contributed by atoms with Crippen LogP contribution in [0, 0.1) is 0 Å². The van der Waals surface area contributed by atoms with E-state index in [1.165, 1.54) is 30.1 Å². The zero-order chi connectivity index (χ0) is 31.5. The van der Waals surface area contributed by atoms with Gasteiger partial charge in [-0.25, -0.2) is 14.6 Å². The van der Waals surface area contributed by atoms with E-state index in [1.54, 1.807) is 69.3 Å². The molecule has 10 nitrogen and oxygen atoms in total. The molecule has 228 valence electrons. The molecule has 0 fully saturated rings. The topological polar surface area (TPSA) is 119 Å². The summed E-state index contributed by atoms with van der Waals surface area (Å²) in [6.45, 7) is 5.61. The predicted octanol–water partition coefficient (Wildman–Crippen LogP) is 5.01. The van der Waals surface area contributed by atoms with Gasteiger partial charge in [-0.1, -0.05) is 39.4 Å². The maximum Gasteiger partial charge on any atom is 0.338 e. The Balaban J connectivity index is 1.63. The lowest BCUT2D eigenvalue weighted by atomic mass is 9.95. The highest BCUT2D eigenvalue weighted by Gasteiger charge is 2.35. The van der Waals surface area contributed by atoms with Crippen LogP contribution in [0.25, 0.3) is 17.4 Å². The molecular formula is C32H29BrN2O8S. The van der Waals surface area contributed by atoms with Crippen molar-refractivity contribution in [2.75, 3.05) is 27.4 Å². The number of thiazole rings is 1. The highest BCUT2D eigenvalue weighted by molar-refractivity contribution is 9.10. The average Bonchev–Trinajstić information content (AvgIpc) is 3.60. The van der Waals surface area contributed by atoms with Crippen LogP contribution in [-0.4, -0.2) is 43.9 Å². The number of methoxy groups -OCH3 is 2. The molecule has 0 aliphatic carbocycles. The summed E-state index contributed by atoms with van der Waals surface area (Å²) >= 11 is 4.78. The number of benzene rings is 2. The van der Waals surface area contributed by atoms with Crippen LogP contribution in [0.3, 0.4) is 0 Å². The van der Waals surface area contributed by atoms with Gasteiger partial charge in [0.25, 0.3) is 5.56 Å². The molecule has 0 spiro atoms. The molecule has 0 unspecified atom stereocenters. The Morgan fingerprint density at radius 3 is 2.43 bits per heavy atom. The minimum Gasteiger partial charge on any atom is -0.493 e. The molecule has 2 aromatic heterocycles. The van der Waals surface area contributed by atoms with Crippen LogP contribution < -0.4 is 24.4 Å². The number of rotatable bonds is 9. The molecule has 3 heterocycles. The number of aromatic nitrogens is 1. The minimum atomic E-state index is -0.862. The molecule has 0 saturated carbocycles. The summed E-state index contributed by atoms with van der Waals surface area (Å²) in [6.07, 6.45) is 1.63. The number of ether oxygens (including phenoxy) is 4. The van der Waals surface area contributed by atoms with Gasteiger partial charge in [0.05, 0.1) is 54.8 Å². The molecule has 44 heavy (non-hydrogen) atoms. The number of nitrogens with zero attached hydrogens (tertiary/aromatic N) is 2. The largest absolute Gasteiger partial charge is 0.493 e. The first-order chi connectivity index (χ1) is 21.2. The molecule has 0 saturated heterocycles. The van der Waals surface area contributed by atoms with Crippen LogP contribution >= 0.6 is 27.3 Å². The Kier molecular flexibility index (Phi) is 9.21. The third-order valence-corrected chi connectivity index (χ3v) is 8.54. The molecule has 0 N–H and O–H groups in total. The van der Waals surface area contributed by atoms with Crippen molar-refractivity contribution in [3.63, 3.8) is 0 Å². The van der Waals surface area contributed by atoms with Crippen LogP contribution in [-0.2, 0) is 14.3 Å². The number of halogens is 1. The predicted molar refractivity (Wildman–Crippen MR) is 168 cm³/mol. The van der Waals surface area contributed by atoms with E-state index < -0.39 is 18.0 Å². The van der Waals surface area contributed by atoms with Gasteiger partial charge in [0.2, 0.25) is 0 Å². The van der Waals surface area contributed by atoms with Gasteiger partial charge in [0, 0.05) is 16.1 Å². The van der Waals surface area contributed by atoms with E-state index in [2.05, 4.69) is 20.9 Å². The quantitative estimate of drug-likeness (QED) is 0.226. The summed E-state index contributed by atoms with van der Waals surface area (Å²) in [5.41, 5.74) is 1.99. The third kappa shape index (κ3) is 5.87. The number of carbonyl (C=O) groups is 2. The molecule has 5 rings (SSSR count). The molecular weight excluding hydrogens is 652 g/mol. The number of hydrogen-bond acceptors (Lipinski definition) is 10. The fourth-order valence-electron chi connectivity index (χ4n) is 4.89. The van der Waals surface area contributed by atoms with Crippen LogP contribution in [0.15, 0.2) is 78.5 Å². The first-order valence-electron chi connectivity index (χ1n) is 13.7. The van der Waals surface area contributed by atoms with Crippen molar-refractivity contribution >= 4 is 45.3 Å². The number of carbonyl (C=O) groups excluding carboxylic acids is 2. The van der Waals surface area contributed by atoms with Gasteiger partial charge in [-0.05, 0) is 62.7 Å². The Morgan fingerprint density at radius 2 is 1.73 bits per heavy atom. The molecule has 2 aromatic carbocycles. The third-order valence-electron chi connectivity index (χ3n) is 6.87. The van der Waals surface area contributed by atoms with E-state index in [1.807, 2.05) is 6.07 Å². The maximum absolute atomic E-state index is 14.0. The lowest BCUT2D eigenvalue weighted by molar-refractivity contribution is -0.139. The molecule has 12 heteroatoms. The highest BCUT2D eigenvalue weighted by Crippen LogP contribution is 2.40. The maximum atomic E-state index is 14.0. The van der Waals surface area contributed by atoms with Crippen LogP contribution in [0.4, 0.5) is 0 Å². The van der Waals surface area contributed by atoms with E-state index >= 15 is 0 Å². The van der Waals surface area contributed by atoms with Crippen molar-refractivity contribution in [1.29, 1.82) is 0 Å². The Bertz CT molecular complexity index is 1970. The monoisotopic (exact) mass is 680 g/mol. The van der Waals surface area contributed by atoms with Crippen molar-refractivity contribution in [3.8, 4) is 22.8 Å². The summed E-state index contributed by atoms with van der Waals surface area (Å²) in [5, 5.41) is 0. The van der Waals surface area contributed by atoms with Crippen LogP contribution in [0.1, 0.15) is 48.5 Å². The van der Waals surface area contributed by atoms with Gasteiger partial charge in [-0.3, -0.25) is 9.36 Å². The summed E-state index contributed by atoms with van der Waals surface area (Å²) in [5.74, 6) is 0.863. The van der Waals surface area contributed by atoms with Gasteiger partial charge >= 0.3 is 11.9 Å². The Morgan fingerprint density at radius 1 is 1.02 bits per heavy atom. The zero-order valence-electron chi connectivity index (χ0n) is 24.6. The first kappa shape index (κ1) is 31.0. The van der Waals surface area contributed by atoms with E-state index in [0.717, 1.165) is 0 Å². The molecule has 1 aliphatic rings. The second-order valence-corrected chi connectivity index (χ2v) is 11.4. The standard InChI is InChI=1S/C32H29BrN2O8S/c1-6-41-30(37)19-10-8-9-18(13-19)23-12-11-20(43-23)14-26-29(36)35-28(21-15-24(39-4)25(40-5)16-22(21)33)27(31(38)42-7-2)17(3)34-32(35)44-26/h8-16,28H,6-7H2,1-5H3/b26-14-/t28-/m1/s1. The Hall–Kier alpha value is -4.42. The molecule has 0 bridgehead atoms. The number of esters is 2. The highest BCUT2D eigenvalue weighted by atomic mass is 79.9. The zero-order valence-corrected chi connectivity index (χ0v) is 27.0. The molecule has 0 amide bonds. The van der Waals surface area contributed by atoms with E-state index in [0.29, 0.717) is 59.2 Å². The van der Waals surface area contributed by atoms with E-state index in [9.17, 15) is 14.4 Å². The van der Waals surface area contributed by atoms with Gasteiger partial charge in [0.1, 0.15) is 11.5 Å². The van der Waals surface area contributed by atoms with Crippen LogP contribution in [0.2, 0.25) is 0 Å². The fraction of sp³-hybridized carbons (Fsp3) is 0.250. The molecule has 4 aromatic rings. The van der Waals surface area contributed by atoms with Gasteiger partial charge in [-0.15, -0.1) is 0 Å². The second kappa shape index (κ2) is 13.1. The molecule has 1 atom stereocenters. The SMILES string of the molecule is CCOC(=O)C1=C(C)N=c2s/c(=C\c3ccc(-c4cccc(C(=O)OCC)c4)o3)c(=O)n2[C@@H]1c1cc(OC)c(OC)cc1Br. The lowest BCUT2D eigenvalue weighted by Crippen LogP contribution is -2.40. The van der Waals surface area contributed by atoms with E-state index in [4.69, 9.17) is 23.4 Å².